The molecule has 0 radical (unpaired) electrons. The van der Waals surface area contributed by atoms with Crippen LogP contribution in [0, 0.1) is 0 Å². The van der Waals surface area contributed by atoms with Crippen molar-refractivity contribution < 1.29 is 14.7 Å². The van der Waals surface area contributed by atoms with Crippen LogP contribution in [0.5, 0.6) is 0 Å². The quantitative estimate of drug-likeness (QED) is 0.660. The van der Waals surface area contributed by atoms with Crippen molar-refractivity contribution in [1.29, 1.82) is 0 Å². The summed E-state index contributed by atoms with van der Waals surface area (Å²) in [6.07, 6.45) is 3.00. The van der Waals surface area contributed by atoms with Crippen LogP contribution in [-0.2, 0) is 11.2 Å². The Kier molecular flexibility index (Phi) is 3.10. The van der Waals surface area contributed by atoms with Gasteiger partial charge in [0.2, 0.25) is 0 Å². The SMILES string of the molecule is NC(Cc1c[nH]cn1)C(=O)C1CCN1C(=O)O. The molecule has 2 atom stereocenters. The highest BCUT2D eigenvalue weighted by Crippen LogP contribution is 2.19. The van der Waals surface area contributed by atoms with E-state index < -0.39 is 18.2 Å². The number of rotatable bonds is 4. The Morgan fingerprint density at radius 1 is 1.71 bits per heavy atom. The molecule has 2 unspecified atom stereocenters. The highest BCUT2D eigenvalue weighted by molar-refractivity contribution is 5.92. The summed E-state index contributed by atoms with van der Waals surface area (Å²) in [4.78, 5) is 30.5. The van der Waals surface area contributed by atoms with Crippen LogP contribution < -0.4 is 5.73 Å². The number of Topliss-reactive ketones (excluding diaryl/α,β-unsaturated/α-hetero) is 1. The first-order valence-electron chi connectivity index (χ1n) is 5.36. The molecule has 0 spiro atoms. The van der Waals surface area contributed by atoms with Crippen LogP contribution in [-0.4, -0.2) is 50.5 Å². The Labute approximate surface area is 97.6 Å². The highest BCUT2D eigenvalue weighted by Gasteiger charge is 2.39. The molecule has 1 aliphatic rings. The molecule has 1 saturated heterocycles. The van der Waals surface area contributed by atoms with Crippen molar-refractivity contribution >= 4 is 11.9 Å². The lowest BCUT2D eigenvalue weighted by atomic mass is 9.93. The van der Waals surface area contributed by atoms with Gasteiger partial charge in [-0.3, -0.25) is 9.69 Å². The summed E-state index contributed by atoms with van der Waals surface area (Å²) in [5.41, 5.74) is 6.46. The Bertz CT molecular complexity index is 417. The average molecular weight is 238 g/mol. The maximum atomic E-state index is 11.9. The lowest BCUT2D eigenvalue weighted by molar-refractivity contribution is -0.128. The molecule has 7 nitrogen and oxygen atoms in total. The van der Waals surface area contributed by atoms with Crippen LogP contribution in [0.25, 0.3) is 0 Å². The number of carbonyl (C=O) groups is 2. The van der Waals surface area contributed by atoms with E-state index in [2.05, 4.69) is 9.97 Å². The Balaban J connectivity index is 1.93. The summed E-state index contributed by atoms with van der Waals surface area (Å²) in [5.74, 6) is -0.235. The number of hydrogen-bond acceptors (Lipinski definition) is 4. The van der Waals surface area contributed by atoms with Crippen molar-refractivity contribution in [3.8, 4) is 0 Å². The maximum absolute atomic E-state index is 11.9. The normalized spacial score (nSPS) is 20.8. The fraction of sp³-hybridized carbons (Fsp3) is 0.500. The number of ketones is 1. The van der Waals surface area contributed by atoms with E-state index in [0.717, 1.165) is 4.90 Å². The van der Waals surface area contributed by atoms with Gasteiger partial charge in [-0.2, -0.15) is 0 Å². The third kappa shape index (κ3) is 2.28. The summed E-state index contributed by atoms with van der Waals surface area (Å²) in [6, 6.07) is -1.29. The van der Waals surface area contributed by atoms with E-state index in [1.165, 1.54) is 6.33 Å². The van der Waals surface area contributed by atoms with Crippen LogP contribution in [0.3, 0.4) is 0 Å². The van der Waals surface area contributed by atoms with Gasteiger partial charge in [-0.15, -0.1) is 0 Å². The van der Waals surface area contributed by atoms with Gasteiger partial charge >= 0.3 is 6.09 Å². The highest BCUT2D eigenvalue weighted by atomic mass is 16.4. The molecule has 2 rings (SSSR count). The summed E-state index contributed by atoms with van der Waals surface area (Å²) >= 11 is 0. The van der Waals surface area contributed by atoms with Crippen molar-refractivity contribution in [2.24, 2.45) is 5.73 Å². The van der Waals surface area contributed by atoms with E-state index in [1.54, 1.807) is 6.20 Å². The van der Waals surface area contributed by atoms with Gasteiger partial charge in [0.15, 0.2) is 5.78 Å². The number of amides is 1. The number of nitrogens with one attached hydrogen (secondary N) is 1. The van der Waals surface area contributed by atoms with Gasteiger partial charge in [-0.05, 0) is 6.42 Å². The third-order valence-corrected chi connectivity index (χ3v) is 2.94. The number of imidazole rings is 1. The van der Waals surface area contributed by atoms with Gasteiger partial charge < -0.3 is 15.8 Å². The first kappa shape index (κ1) is 11.6. The first-order valence-corrected chi connectivity index (χ1v) is 5.36. The Morgan fingerprint density at radius 2 is 2.47 bits per heavy atom. The van der Waals surface area contributed by atoms with Gasteiger partial charge in [0, 0.05) is 19.2 Å². The summed E-state index contributed by atoms with van der Waals surface area (Å²) in [7, 11) is 0. The van der Waals surface area contributed by atoms with E-state index in [4.69, 9.17) is 10.8 Å². The molecule has 0 aromatic carbocycles. The third-order valence-electron chi connectivity index (χ3n) is 2.94. The second-order valence-electron chi connectivity index (χ2n) is 4.05. The fourth-order valence-corrected chi connectivity index (χ4v) is 1.89. The van der Waals surface area contributed by atoms with Crippen molar-refractivity contribution in [3.63, 3.8) is 0 Å². The molecule has 17 heavy (non-hydrogen) atoms. The standard InChI is InChI=1S/C10H14N4O3/c11-7(3-6-4-12-5-13-6)9(15)8-1-2-14(8)10(16)17/h4-5,7-8H,1-3,11H2,(H,12,13)(H,16,17). The minimum Gasteiger partial charge on any atom is -0.465 e. The number of hydrogen-bond donors (Lipinski definition) is 3. The van der Waals surface area contributed by atoms with E-state index in [0.29, 0.717) is 25.1 Å². The molecule has 7 heteroatoms. The van der Waals surface area contributed by atoms with Gasteiger partial charge in [-0.25, -0.2) is 9.78 Å². The molecule has 0 saturated carbocycles. The largest absolute Gasteiger partial charge is 0.465 e. The second-order valence-corrected chi connectivity index (χ2v) is 4.05. The van der Waals surface area contributed by atoms with E-state index in [-0.39, 0.29) is 5.78 Å². The monoisotopic (exact) mass is 238 g/mol. The molecule has 1 aliphatic heterocycles. The molecule has 0 bridgehead atoms. The van der Waals surface area contributed by atoms with Crippen molar-refractivity contribution in [2.45, 2.75) is 24.9 Å². The predicted molar refractivity (Wildman–Crippen MR) is 58.4 cm³/mol. The zero-order chi connectivity index (χ0) is 12.4. The van der Waals surface area contributed by atoms with Gasteiger partial charge in [-0.1, -0.05) is 0 Å². The molecule has 0 aliphatic carbocycles. The van der Waals surface area contributed by atoms with E-state index in [9.17, 15) is 9.59 Å². The summed E-state index contributed by atoms with van der Waals surface area (Å²) in [5, 5.41) is 8.81. The number of likely N-dealkylation sites (tertiary alicyclic amines) is 1. The maximum Gasteiger partial charge on any atom is 0.407 e. The minimum absolute atomic E-state index is 0.235. The molecular weight excluding hydrogens is 224 g/mol. The molecule has 1 aromatic rings. The smallest absolute Gasteiger partial charge is 0.407 e. The van der Waals surface area contributed by atoms with Crippen molar-refractivity contribution in [3.05, 3.63) is 18.2 Å². The number of nitrogens with zero attached hydrogens (tertiary/aromatic N) is 2. The molecular formula is C10H14N4O3. The topological polar surface area (TPSA) is 112 Å². The van der Waals surface area contributed by atoms with E-state index in [1.807, 2.05) is 0 Å². The summed E-state index contributed by atoms with van der Waals surface area (Å²) in [6.45, 7) is 0.404. The lowest BCUT2D eigenvalue weighted by Gasteiger charge is -2.38. The van der Waals surface area contributed by atoms with Crippen molar-refractivity contribution in [2.75, 3.05) is 6.54 Å². The zero-order valence-corrected chi connectivity index (χ0v) is 9.17. The average Bonchev–Trinajstić information content (AvgIpc) is 2.67. The first-order chi connectivity index (χ1) is 8.09. The summed E-state index contributed by atoms with van der Waals surface area (Å²) < 4.78 is 0. The van der Waals surface area contributed by atoms with Gasteiger partial charge in [0.1, 0.15) is 0 Å². The van der Waals surface area contributed by atoms with Gasteiger partial charge in [0.25, 0.3) is 0 Å². The van der Waals surface area contributed by atoms with E-state index >= 15 is 0 Å². The van der Waals surface area contributed by atoms with Crippen LogP contribution in [0.2, 0.25) is 0 Å². The number of nitrogens with two attached hydrogens (primary N) is 1. The second kappa shape index (κ2) is 4.54. The number of carboxylic acid groups (broad SMARTS) is 1. The fourth-order valence-electron chi connectivity index (χ4n) is 1.89. The Morgan fingerprint density at radius 3 is 2.94 bits per heavy atom. The molecule has 1 amide bonds. The molecule has 92 valence electrons. The number of H-pyrrole nitrogens is 1. The van der Waals surface area contributed by atoms with Crippen LogP contribution >= 0.6 is 0 Å². The number of aromatic nitrogens is 2. The number of carbonyl (C=O) groups excluding carboxylic acids is 1. The van der Waals surface area contributed by atoms with Crippen LogP contribution in [0.1, 0.15) is 12.1 Å². The minimum atomic E-state index is -1.07. The lowest BCUT2D eigenvalue weighted by Crippen LogP contribution is -2.58. The van der Waals surface area contributed by atoms with Crippen LogP contribution in [0.4, 0.5) is 4.79 Å². The predicted octanol–water partition coefficient (Wildman–Crippen LogP) is -0.399. The molecule has 4 N–H and O–H groups in total. The molecule has 1 fully saturated rings. The Hall–Kier alpha value is -1.89. The van der Waals surface area contributed by atoms with Crippen LogP contribution in [0.15, 0.2) is 12.5 Å². The molecule has 1 aromatic heterocycles. The zero-order valence-electron chi connectivity index (χ0n) is 9.17. The van der Waals surface area contributed by atoms with Gasteiger partial charge in [0.05, 0.1) is 24.1 Å². The molecule has 2 heterocycles. The number of aromatic amines is 1. The van der Waals surface area contributed by atoms with Crippen molar-refractivity contribution in [1.82, 2.24) is 14.9 Å².